The third-order valence-electron chi connectivity index (χ3n) is 4.75. The minimum Gasteiger partial charge on any atom is -0.325 e. The second-order valence-corrected chi connectivity index (χ2v) is 8.45. The van der Waals surface area contributed by atoms with Gasteiger partial charge in [0.25, 0.3) is 5.91 Å². The van der Waals surface area contributed by atoms with Gasteiger partial charge in [-0.05, 0) is 48.5 Å². The van der Waals surface area contributed by atoms with Crippen molar-refractivity contribution >= 4 is 46.6 Å². The standard InChI is InChI=1S/C24H20ClN5O2S/c1-30-22(16-11-13-17(25)14-12-16)28-29-24(30)33-15-21(31)27-20-10-6-5-9-19(20)23(32)26-18-7-3-2-4-8-18/h2-14H,15H2,1H3,(H,26,32)(H,27,31). The van der Waals surface area contributed by atoms with Crippen LogP contribution in [-0.4, -0.2) is 32.3 Å². The number of para-hydroxylation sites is 2. The van der Waals surface area contributed by atoms with Crippen molar-refractivity contribution in [1.82, 2.24) is 14.8 Å². The van der Waals surface area contributed by atoms with Crippen molar-refractivity contribution in [2.45, 2.75) is 5.16 Å². The molecule has 0 saturated carbocycles. The van der Waals surface area contributed by atoms with Crippen molar-refractivity contribution in [1.29, 1.82) is 0 Å². The highest BCUT2D eigenvalue weighted by atomic mass is 35.5. The van der Waals surface area contributed by atoms with Crippen LogP contribution in [0.25, 0.3) is 11.4 Å². The molecule has 0 saturated heterocycles. The number of nitrogens with zero attached hydrogens (tertiary/aromatic N) is 3. The molecule has 166 valence electrons. The Morgan fingerprint density at radius 2 is 1.61 bits per heavy atom. The maximum Gasteiger partial charge on any atom is 0.257 e. The molecule has 1 aromatic heterocycles. The van der Waals surface area contributed by atoms with Gasteiger partial charge in [-0.3, -0.25) is 9.59 Å². The van der Waals surface area contributed by atoms with Crippen molar-refractivity contribution in [3.8, 4) is 11.4 Å². The van der Waals surface area contributed by atoms with Gasteiger partial charge in [-0.1, -0.05) is 53.7 Å². The predicted molar refractivity (Wildman–Crippen MR) is 132 cm³/mol. The fourth-order valence-electron chi connectivity index (χ4n) is 3.12. The van der Waals surface area contributed by atoms with E-state index in [1.807, 2.05) is 41.9 Å². The van der Waals surface area contributed by atoms with E-state index in [9.17, 15) is 9.59 Å². The second-order valence-electron chi connectivity index (χ2n) is 7.07. The van der Waals surface area contributed by atoms with E-state index in [1.54, 1.807) is 48.5 Å². The quantitative estimate of drug-likeness (QED) is 0.361. The van der Waals surface area contributed by atoms with Crippen LogP contribution in [0.3, 0.4) is 0 Å². The lowest BCUT2D eigenvalue weighted by atomic mass is 10.1. The van der Waals surface area contributed by atoms with Crippen LogP contribution in [0.15, 0.2) is 84.0 Å². The number of benzene rings is 3. The molecule has 2 N–H and O–H groups in total. The highest BCUT2D eigenvalue weighted by molar-refractivity contribution is 7.99. The van der Waals surface area contributed by atoms with Crippen molar-refractivity contribution in [3.63, 3.8) is 0 Å². The minimum atomic E-state index is -0.300. The minimum absolute atomic E-state index is 0.112. The number of nitrogens with one attached hydrogen (secondary N) is 2. The monoisotopic (exact) mass is 477 g/mol. The third kappa shape index (κ3) is 5.60. The van der Waals surface area contributed by atoms with Gasteiger partial charge in [0, 0.05) is 23.3 Å². The van der Waals surface area contributed by atoms with E-state index in [0.29, 0.717) is 32.9 Å². The number of rotatable bonds is 7. The number of halogens is 1. The van der Waals surface area contributed by atoms with E-state index in [4.69, 9.17) is 11.6 Å². The number of hydrogen-bond acceptors (Lipinski definition) is 5. The van der Waals surface area contributed by atoms with E-state index in [2.05, 4.69) is 20.8 Å². The van der Waals surface area contributed by atoms with Crippen LogP contribution in [0.4, 0.5) is 11.4 Å². The molecule has 0 aliphatic rings. The molecule has 0 bridgehead atoms. The van der Waals surface area contributed by atoms with Gasteiger partial charge in [0.2, 0.25) is 5.91 Å². The van der Waals surface area contributed by atoms with Crippen LogP contribution in [-0.2, 0) is 11.8 Å². The molecular formula is C24H20ClN5O2S. The predicted octanol–water partition coefficient (Wildman–Crippen LogP) is 5.12. The average molecular weight is 478 g/mol. The molecule has 2 amide bonds. The molecule has 4 aromatic rings. The Labute approximate surface area is 200 Å². The summed E-state index contributed by atoms with van der Waals surface area (Å²) in [6, 6.07) is 23.3. The maximum absolute atomic E-state index is 12.7. The number of anilines is 2. The number of hydrogen-bond donors (Lipinski definition) is 2. The summed E-state index contributed by atoms with van der Waals surface area (Å²) < 4.78 is 1.82. The lowest BCUT2D eigenvalue weighted by molar-refractivity contribution is -0.113. The second kappa shape index (κ2) is 10.3. The Bertz CT molecular complexity index is 1280. The zero-order valence-electron chi connectivity index (χ0n) is 17.7. The molecular weight excluding hydrogens is 458 g/mol. The summed E-state index contributed by atoms with van der Waals surface area (Å²) in [7, 11) is 1.84. The average Bonchev–Trinajstić information content (AvgIpc) is 3.19. The van der Waals surface area contributed by atoms with Crippen LogP contribution in [0, 0.1) is 0 Å². The van der Waals surface area contributed by atoms with Crippen LogP contribution in [0.5, 0.6) is 0 Å². The largest absolute Gasteiger partial charge is 0.325 e. The zero-order valence-corrected chi connectivity index (χ0v) is 19.2. The Hall–Kier alpha value is -3.62. The number of carbonyl (C=O) groups excluding carboxylic acids is 2. The summed E-state index contributed by atoms with van der Waals surface area (Å²) in [5.41, 5.74) is 2.38. The van der Waals surface area contributed by atoms with E-state index in [-0.39, 0.29) is 17.6 Å². The first kappa shape index (κ1) is 22.6. The van der Waals surface area contributed by atoms with Gasteiger partial charge in [-0.25, -0.2) is 0 Å². The number of carbonyl (C=O) groups is 2. The molecule has 3 aromatic carbocycles. The Kier molecular flexibility index (Phi) is 7.07. The molecule has 4 rings (SSSR count). The van der Waals surface area contributed by atoms with Crippen LogP contribution in [0.1, 0.15) is 10.4 Å². The first-order chi connectivity index (χ1) is 16.0. The Morgan fingerprint density at radius 3 is 2.36 bits per heavy atom. The van der Waals surface area contributed by atoms with Crippen molar-refractivity contribution < 1.29 is 9.59 Å². The lowest BCUT2D eigenvalue weighted by Gasteiger charge is -2.11. The van der Waals surface area contributed by atoms with Crippen molar-refractivity contribution in [2.24, 2.45) is 7.05 Å². The van der Waals surface area contributed by atoms with Gasteiger partial charge in [-0.2, -0.15) is 0 Å². The van der Waals surface area contributed by atoms with Crippen molar-refractivity contribution in [3.05, 3.63) is 89.4 Å². The number of aromatic nitrogens is 3. The fourth-order valence-corrected chi connectivity index (χ4v) is 3.95. The molecule has 0 atom stereocenters. The fraction of sp³-hybridized carbons (Fsp3) is 0.0833. The number of thioether (sulfide) groups is 1. The molecule has 7 nitrogen and oxygen atoms in total. The Morgan fingerprint density at radius 1 is 0.909 bits per heavy atom. The molecule has 0 aliphatic heterocycles. The molecule has 0 spiro atoms. The molecule has 33 heavy (non-hydrogen) atoms. The first-order valence-corrected chi connectivity index (χ1v) is 11.4. The molecule has 0 unspecified atom stereocenters. The molecule has 0 radical (unpaired) electrons. The summed E-state index contributed by atoms with van der Waals surface area (Å²) >= 11 is 7.21. The summed E-state index contributed by atoms with van der Waals surface area (Å²) in [5.74, 6) is 0.237. The lowest BCUT2D eigenvalue weighted by Crippen LogP contribution is -2.19. The van der Waals surface area contributed by atoms with E-state index in [0.717, 1.165) is 5.56 Å². The molecule has 1 heterocycles. The van der Waals surface area contributed by atoms with Gasteiger partial charge < -0.3 is 15.2 Å². The van der Waals surface area contributed by atoms with Crippen molar-refractivity contribution in [2.75, 3.05) is 16.4 Å². The molecule has 0 aliphatic carbocycles. The smallest absolute Gasteiger partial charge is 0.257 e. The van der Waals surface area contributed by atoms with Gasteiger partial charge in [-0.15, -0.1) is 10.2 Å². The summed E-state index contributed by atoms with van der Waals surface area (Å²) in [6.07, 6.45) is 0. The van der Waals surface area contributed by atoms with Crippen LogP contribution >= 0.6 is 23.4 Å². The Balaban J connectivity index is 1.40. The van der Waals surface area contributed by atoms with E-state index in [1.165, 1.54) is 11.8 Å². The van der Waals surface area contributed by atoms with Gasteiger partial charge in [0.1, 0.15) is 0 Å². The van der Waals surface area contributed by atoms with Gasteiger partial charge in [0.05, 0.1) is 17.0 Å². The highest BCUT2D eigenvalue weighted by Gasteiger charge is 2.16. The first-order valence-electron chi connectivity index (χ1n) is 10.0. The molecule has 0 fully saturated rings. The van der Waals surface area contributed by atoms with E-state index >= 15 is 0 Å². The van der Waals surface area contributed by atoms with Gasteiger partial charge >= 0.3 is 0 Å². The van der Waals surface area contributed by atoms with Crippen LogP contribution < -0.4 is 10.6 Å². The SMILES string of the molecule is Cn1c(SCC(=O)Nc2ccccc2C(=O)Nc2ccccc2)nnc1-c1ccc(Cl)cc1. The number of amides is 2. The summed E-state index contributed by atoms with van der Waals surface area (Å²) in [6.45, 7) is 0. The summed E-state index contributed by atoms with van der Waals surface area (Å²) in [4.78, 5) is 25.3. The van der Waals surface area contributed by atoms with E-state index < -0.39 is 0 Å². The highest BCUT2D eigenvalue weighted by Crippen LogP contribution is 2.24. The topological polar surface area (TPSA) is 88.9 Å². The summed E-state index contributed by atoms with van der Waals surface area (Å²) in [5, 5.41) is 15.3. The third-order valence-corrected chi connectivity index (χ3v) is 6.02. The van der Waals surface area contributed by atoms with Gasteiger partial charge in [0.15, 0.2) is 11.0 Å². The zero-order chi connectivity index (χ0) is 23.2. The normalized spacial score (nSPS) is 10.6. The molecule has 9 heteroatoms. The van der Waals surface area contributed by atoms with Crippen LogP contribution in [0.2, 0.25) is 5.02 Å². The maximum atomic E-state index is 12.7.